The Balaban J connectivity index is 1.34. The predicted octanol–water partition coefficient (Wildman–Crippen LogP) is 2.98. The quantitative estimate of drug-likeness (QED) is 0.588. The summed E-state index contributed by atoms with van der Waals surface area (Å²) in [5, 5.41) is 0. The summed E-state index contributed by atoms with van der Waals surface area (Å²) < 4.78 is 7.47. The van der Waals surface area contributed by atoms with Crippen molar-refractivity contribution in [2.45, 2.75) is 38.1 Å². The number of ether oxygens (including phenoxy) is 1. The van der Waals surface area contributed by atoms with Crippen LogP contribution in [0.15, 0.2) is 42.7 Å². The number of hydrogen-bond acceptors (Lipinski definition) is 5. The third-order valence-corrected chi connectivity index (χ3v) is 5.50. The van der Waals surface area contributed by atoms with Crippen LogP contribution >= 0.6 is 0 Å². The molecule has 4 rings (SSSR count). The van der Waals surface area contributed by atoms with Crippen molar-refractivity contribution in [1.29, 1.82) is 0 Å². The molecule has 3 aromatic heterocycles. The highest BCUT2D eigenvalue weighted by molar-refractivity contribution is 5.77. The number of imidazole rings is 1. The zero-order valence-electron chi connectivity index (χ0n) is 17.0. The molecule has 1 amide bonds. The molecule has 29 heavy (non-hydrogen) atoms. The van der Waals surface area contributed by atoms with Crippen LogP contribution in [-0.2, 0) is 16.0 Å². The lowest BCUT2D eigenvalue weighted by Gasteiger charge is -2.39. The van der Waals surface area contributed by atoms with E-state index in [1.54, 1.807) is 13.3 Å². The van der Waals surface area contributed by atoms with Gasteiger partial charge in [-0.2, -0.15) is 0 Å². The second kappa shape index (κ2) is 8.69. The smallest absolute Gasteiger partial charge is 0.222 e. The summed E-state index contributed by atoms with van der Waals surface area (Å²) in [4.78, 5) is 28.1. The Morgan fingerprint density at radius 3 is 2.79 bits per heavy atom. The van der Waals surface area contributed by atoms with Crippen molar-refractivity contribution >= 4 is 17.1 Å². The molecular weight excluding hydrogens is 366 g/mol. The van der Waals surface area contributed by atoms with Gasteiger partial charge >= 0.3 is 0 Å². The predicted molar refractivity (Wildman–Crippen MR) is 111 cm³/mol. The molecule has 1 saturated heterocycles. The highest BCUT2D eigenvalue weighted by atomic mass is 16.5. The molecule has 152 valence electrons. The first-order valence-corrected chi connectivity index (χ1v) is 10.2. The Morgan fingerprint density at radius 1 is 1.21 bits per heavy atom. The molecule has 1 aliphatic rings. The van der Waals surface area contributed by atoms with Crippen LogP contribution in [0.1, 0.15) is 43.2 Å². The molecule has 0 radical (unpaired) electrons. The minimum Gasteiger partial charge on any atom is -0.383 e. The van der Waals surface area contributed by atoms with Crippen LogP contribution in [0.2, 0.25) is 0 Å². The van der Waals surface area contributed by atoms with E-state index in [4.69, 9.17) is 9.72 Å². The highest BCUT2D eigenvalue weighted by Crippen LogP contribution is 2.26. The second-order valence-electron chi connectivity index (χ2n) is 7.65. The molecule has 0 bridgehead atoms. The molecule has 0 N–H and O–H groups in total. The number of carbonyl (C=O) groups excluding carboxylic acids is 1. The lowest BCUT2D eigenvalue weighted by molar-refractivity contribution is -0.135. The number of pyridine rings is 2. The number of fused-ring (bicyclic) bond motifs is 1. The third kappa shape index (κ3) is 4.15. The van der Waals surface area contributed by atoms with Gasteiger partial charge in [-0.15, -0.1) is 0 Å². The fraction of sp³-hybridized carbons (Fsp3) is 0.455. The SMILES string of the molecule is COCC(C)n1c(CCCC(=O)N2CC(c3ccccn3)C2)nc2cccnc21. The van der Waals surface area contributed by atoms with Gasteiger partial charge in [0.15, 0.2) is 5.65 Å². The van der Waals surface area contributed by atoms with E-state index >= 15 is 0 Å². The number of aromatic nitrogens is 4. The fourth-order valence-corrected chi connectivity index (χ4v) is 3.97. The van der Waals surface area contributed by atoms with E-state index in [1.165, 1.54) is 0 Å². The van der Waals surface area contributed by atoms with E-state index in [9.17, 15) is 4.79 Å². The molecular formula is C22H27N5O2. The highest BCUT2D eigenvalue weighted by Gasteiger charge is 2.32. The van der Waals surface area contributed by atoms with Gasteiger partial charge in [-0.25, -0.2) is 9.97 Å². The topological polar surface area (TPSA) is 73.1 Å². The number of rotatable bonds is 8. The summed E-state index contributed by atoms with van der Waals surface area (Å²) in [6, 6.07) is 9.97. The van der Waals surface area contributed by atoms with Gasteiger partial charge in [0.05, 0.1) is 12.6 Å². The van der Waals surface area contributed by atoms with Crippen molar-refractivity contribution in [3.05, 3.63) is 54.2 Å². The Labute approximate surface area is 170 Å². The van der Waals surface area contributed by atoms with Crippen LogP contribution in [0, 0.1) is 0 Å². The van der Waals surface area contributed by atoms with E-state index in [0.717, 1.165) is 48.6 Å². The average molecular weight is 393 g/mol. The first-order chi connectivity index (χ1) is 14.2. The first kappa shape index (κ1) is 19.5. The summed E-state index contributed by atoms with van der Waals surface area (Å²) in [5.74, 6) is 1.54. The zero-order valence-corrected chi connectivity index (χ0v) is 17.0. The molecule has 0 aliphatic carbocycles. The molecule has 0 aromatic carbocycles. The third-order valence-electron chi connectivity index (χ3n) is 5.50. The summed E-state index contributed by atoms with van der Waals surface area (Å²) in [7, 11) is 1.70. The van der Waals surface area contributed by atoms with Gasteiger partial charge in [0.2, 0.25) is 5.91 Å². The number of likely N-dealkylation sites (tertiary alicyclic amines) is 1. The maximum absolute atomic E-state index is 12.5. The van der Waals surface area contributed by atoms with Gasteiger partial charge in [0.25, 0.3) is 0 Å². The number of hydrogen-bond donors (Lipinski definition) is 0. The van der Waals surface area contributed by atoms with Crippen molar-refractivity contribution in [3.63, 3.8) is 0 Å². The second-order valence-corrected chi connectivity index (χ2v) is 7.65. The van der Waals surface area contributed by atoms with Gasteiger partial charge in [-0.3, -0.25) is 9.78 Å². The van der Waals surface area contributed by atoms with E-state index in [-0.39, 0.29) is 11.9 Å². The molecule has 1 aliphatic heterocycles. The van der Waals surface area contributed by atoms with Crippen molar-refractivity contribution in [1.82, 2.24) is 24.4 Å². The van der Waals surface area contributed by atoms with Crippen molar-refractivity contribution in [3.8, 4) is 0 Å². The molecule has 4 heterocycles. The summed E-state index contributed by atoms with van der Waals surface area (Å²) >= 11 is 0. The largest absolute Gasteiger partial charge is 0.383 e. The zero-order chi connectivity index (χ0) is 20.2. The molecule has 0 saturated carbocycles. The van der Waals surface area contributed by atoms with Crippen LogP contribution in [0.3, 0.4) is 0 Å². The lowest BCUT2D eigenvalue weighted by Crippen LogP contribution is -2.48. The van der Waals surface area contributed by atoms with E-state index < -0.39 is 0 Å². The number of amides is 1. The summed E-state index contributed by atoms with van der Waals surface area (Å²) in [6.45, 7) is 4.23. The number of nitrogens with zero attached hydrogens (tertiary/aromatic N) is 5. The average Bonchev–Trinajstić information content (AvgIpc) is 3.06. The number of aryl methyl sites for hydroxylation is 1. The van der Waals surface area contributed by atoms with Crippen LogP contribution in [0.4, 0.5) is 0 Å². The van der Waals surface area contributed by atoms with Gasteiger partial charge in [-0.05, 0) is 37.6 Å². The Hall–Kier alpha value is -2.80. The molecule has 7 heteroatoms. The van der Waals surface area contributed by atoms with Crippen LogP contribution in [0.25, 0.3) is 11.2 Å². The Morgan fingerprint density at radius 2 is 2.03 bits per heavy atom. The fourth-order valence-electron chi connectivity index (χ4n) is 3.97. The van der Waals surface area contributed by atoms with Crippen molar-refractivity contribution in [2.75, 3.05) is 26.8 Å². The normalized spacial score (nSPS) is 15.4. The van der Waals surface area contributed by atoms with Gasteiger partial charge in [-0.1, -0.05) is 6.07 Å². The maximum atomic E-state index is 12.5. The van der Waals surface area contributed by atoms with Gasteiger partial charge in [0.1, 0.15) is 11.3 Å². The standard InChI is InChI=1S/C22H27N5O2/c1-16(15-29-2)27-20(25-19-8-6-12-24-22(19)27)9-5-10-21(28)26-13-17(14-26)18-7-3-4-11-23-18/h3-4,6-8,11-12,16-17H,5,9-10,13-15H2,1-2H3. The van der Waals surface area contributed by atoms with E-state index in [1.807, 2.05) is 41.4 Å². The monoisotopic (exact) mass is 393 g/mol. The summed E-state index contributed by atoms with van der Waals surface area (Å²) in [5.41, 5.74) is 2.84. The lowest BCUT2D eigenvalue weighted by atomic mass is 9.95. The Kier molecular flexibility index (Phi) is 5.85. The number of methoxy groups -OCH3 is 1. The van der Waals surface area contributed by atoms with E-state index in [2.05, 4.69) is 21.5 Å². The Bertz CT molecular complexity index is 966. The minimum atomic E-state index is 0.139. The minimum absolute atomic E-state index is 0.139. The molecule has 3 aromatic rings. The van der Waals surface area contributed by atoms with E-state index in [0.29, 0.717) is 18.9 Å². The molecule has 1 atom stereocenters. The first-order valence-electron chi connectivity index (χ1n) is 10.2. The van der Waals surface area contributed by atoms with Gasteiger partial charge in [0, 0.05) is 57.0 Å². The van der Waals surface area contributed by atoms with Crippen LogP contribution in [-0.4, -0.2) is 57.1 Å². The maximum Gasteiger partial charge on any atom is 0.222 e. The summed E-state index contributed by atoms with van der Waals surface area (Å²) in [6.07, 6.45) is 5.64. The molecule has 1 unspecified atom stereocenters. The number of carbonyl (C=O) groups is 1. The van der Waals surface area contributed by atoms with Crippen molar-refractivity contribution in [2.24, 2.45) is 0 Å². The molecule has 7 nitrogen and oxygen atoms in total. The molecule has 1 fully saturated rings. The van der Waals surface area contributed by atoms with Crippen molar-refractivity contribution < 1.29 is 9.53 Å². The van der Waals surface area contributed by atoms with Gasteiger partial charge < -0.3 is 14.2 Å². The molecule has 0 spiro atoms. The van der Waals surface area contributed by atoms with Crippen LogP contribution < -0.4 is 0 Å². The van der Waals surface area contributed by atoms with Crippen LogP contribution in [0.5, 0.6) is 0 Å².